The molecule has 2 N–H and O–H groups in total. The number of aromatic nitrogens is 2. The summed E-state index contributed by atoms with van der Waals surface area (Å²) in [5.74, 6) is -0.230. The summed E-state index contributed by atoms with van der Waals surface area (Å²) in [4.78, 5) is 37.7. The van der Waals surface area contributed by atoms with Gasteiger partial charge >= 0.3 is 6.03 Å². The van der Waals surface area contributed by atoms with E-state index in [1.807, 2.05) is 13.8 Å². The molecular weight excluding hydrogens is 330 g/mol. The van der Waals surface area contributed by atoms with Gasteiger partial charge in [-0.2, -0.15) is 0 Å². The molecule has 4 amide bonds. The average Bonchev–Trinajstić information content (AvgIpc) is 3.21. The van der Waals surface area contributed by atoms with Gasteiger partial charge in [0.1, 0.15) is 10.5 Å². The van der Waals surface area contributed by atoms with Gasteiger partial charge in [0.2, 0.25) is 11.0 Å². The molecule has 2 fully saturated rings. The summed E-state index contributed by atoms with van der Waals surface area (Å²) in [6.07, 6.45) is 3.29. The summed E-state index contributed by atoms with van der Waals surface area (Å²) in [7, 11) is 0. The predicted molar refractivity (Wildman–Crippen MR) is 88.7 cm³/mol. The number of carbonyl (C=O) groups is 3. The van der Waals surface area contributed by atoms with Crippen molar-refractivity contribution in [2.24, 2.45) is 0 Å². The molecule has 1 aromatic rings. The van der Waals surface area contributed by atoms with Crippen LogP contribution in [0.25, 0.3) is 0 Å². The van der Waals surface area contributed by atoms with Crippen molar-refractivity contribution in [3.05, 3.63) is 5.01 Å². The number of nitrogens with one attached hydrogen (secondary N) is 2. The van der Waals surface area contributed by atoms with Crippen molar-refractivity contribution in [3.8, 4) is 0 Å². The Labute approximate surface area is 144 Å². The zero-order valence-corrected chi connectivity index (χ0v) is 14.6. The topological polar surface area (TPSA) is 104 Å². The van der Waals surface area contributed by atoms with E-state index in [4.69, 9.17) is 0 Å². The first kappa shape index (κ1) is 16.8. The van der Waals surface area contributed by atoms with Gasteiger partial charge in [0.05, 0.1) is 0 Å². The van der Waals surface area contributed by atoms with Crippen molar-refractivity contribution >= 4 is 34.3 Å². The van der Waals surface area contributed by atoms with Gasteiger partial charge in [-0.3, -0.25) is 14.5 Å². The molecule has 0 aromatic carbocycles. The monoisotopic (exact) mass is 351 g/mol. The Morgan fingerprint density at radius 1 is 1.33 bits per heavy atom. The van der Waals surface area contributed by atoms with Crippen molar-refractivity contribution in [2.75, 3.05) is 11.9 Å². The van der Waals surface area contributed by atoms with E-state index in [9.17, 15) is 14.4 Å². The number of amides is 4. The molecule has 0 radical (unpaired) electrons. The lowest BCUT2D eigenvalue weighted by molar-refractivity contribution is -0.131. The van der Waals surface area contributed by atoms with E-state index in [1.54, 1.807) is 0 Å². The normalized spacial score (nSPS) is 19.4. The van der Waals surface area contributed by atoms with Crippen molar-refractivity contribution in [1.29, 1.82) is 0 Å². The minimum atomic E-state index is -0.723. The Morgan fingerprint density at radius 2 is 2.04 bits per heavy atom. The van der Waals surface area contributed by atoms with Crippen LogP contribution >= 0.6 is 11.3 Å². The molecule has 1 aliphatic carbocycles. The number of hydrogen-bond donors (Lipinski definition) is 2. The summed E-state index contributed by atoms with van der Waals surface area (Å²) in [5, 5.41) is 14.7. The second-order valence-electron chi connectivity index (χ2n) is 6.57. The number of urea groups is 1. The first-order valence-electron chi connectivity index (χ1n) is 8.19. The molecule has 3 rings (SSSR count). The van der Waals surface area contributed by atoms with Crippen molar-refractivity contribution in [3.63, 3.8) is 0 Å². The fourth-order valence-electron chi connectivity index (χ4n) is 3.11. The molecule has 0 atom stereocenters. The molecule has 1 aromatic heterocycles. The van der Waals surface area contributed by atoms with Gasteiger partial charge in [-0.05, 0) is 12.8 Å². The summed E-state index contributed by atoms with van der Waals surface area (Å²) in [5.41, 5.74) is -0.723. The lowest BCUT2D eigenvalue weighted by Crippen LogP contribution is -2.44. The van der Waals surface area contributed by atoms with Crippen LogP contribution in [0.1, 0.15) is 56.9 Å². The Kier molecular flexibility index (Phi) is 4.53. The zero-order chi connectivity index (χ0) is 17.3. The minimum absolute atomic E-state index is 0.0475. The fraction of sp³-hybridized carbons (Fsp3) is 0.667. The number of rotatable bonds is 5. The Bertz CT molecular complexity index is 666. The van der Waals surface area contributed by atoms with Gasteiger partial charge in [0.15, 0.2) is 0 Å². The van der Waals surface area contributed by atoms with E-state index in [0.29, 0.717) is 18.0 Å². The molecule has 0 unspecified atom stereocenters. The smallest absolute Gasteiger partial charge is 0.323 e. The van der Waals surface area contributed by atoms with Gasteiger partial charge in [-0.25, -0.2) is 4.79 Å². The molecule has 9 heteroatoms. The predicted octanol–water partition coefficient (Wildman–Crippen LogP) is 1.85. The van der Waals surface area contributed by atoms with Crippen LogP contribution in [-0.2, 0) is 9.59 Å². The third-order valence-electron chi connectivity index (χ3n) is 4.45. The third kappa shape index (κ3) is 3.12. The highest BCUT2D eigenvalue weighted by atomic mass is 32.1. The molecule has 130 valence electrons. The summed E-state index contributed by atoms with van der Waals surface area (Å²) in [6.45, 7) is 4.08. The first-order chi connectivity index (χ1) is 11.4. The lowest BCUT2D eigenvalue weighted by Gasteiger charge is -2.19. The van der Waals surface area contributed by atoms with E-state index in [-0.39, 0.29) is 30.7 Å². The minimum Gasteiger partial charge on any atom is -0.323 e. The van der Waals surface area contributed by atoms with Crippen LogP contribution in [-0.4, -0.2) is 45.0 Å². The van der Waals surface area contributed by atoms with E-state index in [1.165, 1.54) is 11.3 Å². The molecule has 8 nitrogen and oxygen atoms in total. The number of nitrogens with zero attached hydrogens (tertiary/aromatic N) is 3. The average molecular weight is 351 g/mol. The van der Waals surface area contributed by atoms with Crippen molar-refractivity contribution in [2.45, 2.75) is 57.4 Å². The highest BCUT2D eigenvalue weighted by Gasteiger charge is 2.52. The molecule has 1 saturated heterocycles. The first-order valence-corrected chi connectivity index (χ1v) is 9.00. The summed E-state index contributed by atoms with van der Waals surface area (Å²) in [6, 6.07) is -0.396. The number of carbonyl (C=O) groups excluding carboxylic acids is 3. The van der Waals surface area contributed by atoms with Crippen LogP contribution in [0.4, 0.5) is 9.93 Å². The second-order valence-corrected chi connectivity index (χ2v) is 7.58. The maximum Gasteiger partial charge on any atom is 0.325 e. The largest absolute Gasteiger partial charge is 0.325 e. The van der Waals surface area contributed by atoms with Gasteiger partial charge in [-0.1, -0.05) is 38.0 Å². The lowest BCUT2D eigenvalue weighted by atomic mass is 9.98. The molecule has 2 heterocycles. The van der Waals surface area contributed by atoms with E-state index in [0.717, 1.165) is 22.7 Å². The van der Waals surface area contributed by atoms with Gasteiger partial charge < -0.3 is 10.6 Å². The summed E-state index contributed by atoms with van der Waals surface area (Å²) < 4.78 is 0. The van der Waals surface area contributed by atoms with Crippen LogP contribution in [0, 0.1) is 0 Å². The van der Waals surface area contributed by atoms with E-state index < -0.39 is 11.6 Å². The molecule has 1 spiro atoms. The van der Waals surface area contributed by atoms with Crippen LogP contribution in [0.15, 0.2) is 0 Å². The Hall–Kier alpha value is -2.03. The second kappa shape index (κ2) is 6.46. The molecule has 1 saturated carbocycles. The Balaban J connectivity index is 1.54. The molecule has 2 aliphatic rings. The third-order valence-corrected chi connectivity index (χ3v) is 5.59. The molecule has 24 heavy (non-hydrogen) atoms. The van der Waals surface area contributed by atoms with E-state index in [2.05, 4.69) is 20.8 Å². The van der Waals surface area contributed by atoms with Crippen LogP contribution in [0.5, 0.6) is 0 Å². The van der Waals surface area contributed by atoms with Gasteiger partial charge in [-0.15, -0.1) is 10.2 Å². The van der Waals surface area contributed by atoms with Gasteiger partial charge in [0, 0.05) is 18.9 Å². The quantitative estimate of drug-likeness (QED) is 0.788. The Morgan fingerprint density at radius 3 is 2.67 bits per heavy atom. The maximum absolute atomic E-state index is 12.5. The maximum atomic E-state index is 12.5. The molecule has 1 aliphatic heterocycles. The standard InChI is InChI=1S/C15H21N5O3S/c1-9(2)11-18-19-13(24-11)16-10(21)5-8-20-12(22)15(17-14(20)23)6-3-4-7-15/h9H,3-8H2,1-2H3,(H,17,23)(H,16,19,21). The number of imide groups is 1. The van der Waals surface area contributed by atoms with E-state index >= 15 is 0 Å². The van der Waals surface area contributed by atoms with Crippen LogP contribution in [0.2, 0.25) is 0 Å². The fourth-order valence-corrected chi connectivity index (χ4v) is 3.87. The SMILES string of the molecule is CC(C)c1nnc(NC(=O)CCN2C(=O)NC3(CCCC3)C2=O)s1. The number of hydrogen-bond acceptors (Lipinski definition) is 6. The molecular formula is C15H21N5O3S. The highest BCUT2D eigenvalue weighted by molar-refractivity contribution is 7.15. The van der Waals surface area contributed by atoms with Crippen LogP contribution < -0.4 is 10.6 Å². The van der Waals surface area contributed by atoms with Crippen LogP contribution in [0.3, 0.4) is 0 Å². The zero-order valence-electron chi connectivity index (χ0n) is 13.8. The summed E-state index contributed by atoms with van der Waals surface area (Å²) >= 11 is 1.33. The van der Waals surface area contributed by atoms with Crippen molar-refractivity contribution < 1.29 is 14.4 Å². The number of anilines is 1. The van der Waals surface area contributed by atoms with Gasteiger partial charge in [0.25, 0.3) is 5.91 Å². The highest BCUT2D eigenvalue weighted by Crippen LogP contribution is 2.35. The van der Waals surface area contributed by atoms with Crippen molar-refractivity contribution in [1.82, 2.24) is 20.4 Å². The molecule has 0 bridgehead atoms.